The first-order chi connectivity index (χ1) is 14.4. The van der Waals surface area contributed by atoms with Crippen molar-refractivity contribution in [3.63, 3.8) is 0 Å². The van der Waals surface area contributed by atoms with Gasteiger partial charge in [-0.2, -0.15) is 5.26 Å². The molecule has 0 radical (unpaired) electrons. The molecule has 0 spiro atoms. The van der Waals surface area contributed by atoms with Crippen molar-refractivity contribution < 1.29 is 13.9 Å². The van der Waals surface area contributed by atoms with Gasteiger partial charge < -0.3 is 10.1 Å². The summed E-state index contributed by atoms with van der Waals surface area (Å²) in [6.07, 6.45) is 1.46. The molecule has 3 aromatic rings. The van der Waals surface area contributed by atoms with Gasteiger partial charge in [-0.3, -0.25) is 4.79 Å². The van der Waals surface area contributed by atoms with Gasteiger partial charge in [0, 0.05) is 20.2 Å². The van der Waals surface area contributed by atoms with Crippen LogP contribution in [0.25, 0.3) is 6.08 Å². The minimum absolute atomic E-state index is 0.0772. The van der Waals surface area contributed by atoms with E-state index in [1.54, 1.807) is 54.6 Å². The molecule has 0 bridgehead atoms. The lowest BCUT2D eigenvalue weighted by Crippen LogP contribution is -2.13. The molecular weight excluding hydrogens is 515 g/mol. The lowest BCUT2D eigenvalue weighted by Gasteiger charge is -2.11. The first kappa shape index (κ1) is 21.8. The molecule has 0 heterocycles. The van der Waals surface area contributed by atoms with Crippen molar-refractivity contribution in [2.24, 2.45) is 0 Å². The highest BCUT2D eigenvalue weighted by atomic mass is 79.9. The fourth-order valence-corrected chi connectivity index (χ4v) is 3.23. The van der Waals surface area contributed by atoms with E-state index in [9.17, 15) is 14.4 Å². The highest BCUT2D eigenvalue weighted by Gasteiger charge is 2.12. The Morgan fingerprint density at radius 2 is 1.80 bits per heavy atom. The van der Waals surface area contributed by atoms with Crippen molar-refractivity contribution in [2.45, 2.75) is 6.61 Å². The van der Waals surface area contributed by atoms with Crippen molar-refractivity contribution in [2.75, 3.05) is 5.32 Å². The van der Waals surface area contributed by atoms with E-state index in [1.165, 1.54) is 18.2 Å². The fourth-order valence-electron chi connectivity index (χ4n) is 2.59. The summed E-state index contributed by atoms with van der Waals surface area (Å²) >= 11 is 6.72. The molecule has 3 rings (SSSR count). The first-order valence-electron chi connectivity index (χ1n) is 8.80. The van der Waals surface area contributed by atoms with Gasteiger partial charge in [0.15, 0.2) is 0 Å². The molecule has 0 atom stereocenters. The zero-order valence-corrected chi connectivity index (χ0v) is 18.7. The van der Waals surface area contributed by atoms with Crippen LogP contribution in [0, 0.1) is 17.1 Å². The van der Waals surface area contributed by atoms with Crippen LogP contribution in [0.4, 0.5) is 10.1 Å². The van der Waals surface area contributed by atoms with E-state index < -0.39 is 5.91 Å². The normalized spacial score (nSPS) is 10.9. The summed E-state index contributed by atoms with van der Waals surface area (Å²) in [7, 11) is 0. The van der Waals surface area contributed by atoms with Gasteiger partial charge in [-0.1, -0.05) is 44.0 Å². The van der Waals surface area contributed by atoms with Gasteiger partial charge in [0.2, 0.25) is 0 Å². The molecule has 3 aromatic carbocycles. The SMILES string of the molecule is N#C/C(=C\c1cc(Br)ccc1OCc1cccc(F)c1)C(=O)Nc1ccc(Br)cc1. The van der Waals surface area contributed by atoms with Crippen LogP contribution in [0.2, 0.25) is 0 Å². The van der Waals surface area contributed by atoms with Gasteiger partial charge >= 0.3 is 0 Å². The Bertz CT molecular complexity index is 1140. The van der Waals surface area contributed by atoms with Crippen LogP contribution in [0.3, 0.4) is 0 Å². The van der Waals surface area contributed by atoms with Crippen LogP contribution in [-0.4, -0.2) is 5.91 Å². The molecular formula is C23H15Br2FN2O2. The number of carbonyl (C=O) groups is 1. The van der Waals surface area contributed by atoms with E-state index in [4.69, 9.17) is 4.74 Å². The Hall–Kier alpha value is -2.95. The molecule has 0 fully saturated rings. The van der Waals surface area contributed by atoms with Crippen LogP contribution < -0.4 is 10.1 Å². The molecule has 4 nitrogen and oxygen atoms in total. The highest BCUT2D eigenvalue weighted by molar-refractivity contribution is 9.10. The van der Waals surface area contributed by atoms with Crippen LogP contribution >= 0.6 is 31.9 Å². The lowest BCUT2D eigenvalue weighted by molar-refractivity contribution is -0.112. The molecule has 150 valence electrons. The van der Waals surface area contributed by atoms with Crippen LogP contribution in [0.5, 0.6) is 5.75 Å². The quantitative estimate of drug-likeness (QED) is 0.294. The summed E-state index contributed by atoms with van der Waals surface area (Å²) in [6, 6.07) is 20.3. The fraction of sp³-hybridized carbons (Fsp3) is 0.0435. The van der Waals surface area contributed by atoms with E-state index in [1.807, 2.05) is 6.07 Å². The maximum atomic E-state index is 13.4. The molecule has 1 amide bonds. The number of rotatable bonds is 6. The van der Waals surface area contributed by atoms with Gasteiger partial charge in [-0.15, -0.1) is 0 Å². The minimum Gasteiger partial charge on any atom is -0.488 e. The summed E-state index contributed by atoms with van der Waals surface area (Å²) in [4.78, 5) is 12.5. The maximum Gasteiger partial charge on any atom is 0.266 e. The predicted octanol–water partition coefficient (Wildman–Crippen LogP) is 6.48. The first-order valence-corrected chi connectivity index (χ1v) is 10.4. The van der Waals surface area contributed by atoms with Crippen molar-refractivity contribution >= 4 is 49.5 Å². The second-order valence-electron chi connectivity index (χ2n) is 6.23. The molecule has 0 aliphatic carbocycles. The zero-order valence-electron chi connectivity index (χ0n) is 15.5. The Kier molecular flexibility index (Phi) is 7.39. The second kappa shape index (κ2) is 10.2. The average molecular weight is 530 g/mol. The maximum absolute atomic E-state index is 13.4. The number of benzene rings is 3. The molecule has 30 heavy (non-hydrogen) atoms. The Labute approximate surface area is 190 Å². The number of hydrogen-bond acceptors (Lipinski definition) is 3. The van der Waals surface area contributed by atoms with E-state index in [-0.39, 0.29) is 18.0 Å². The van der Waals surface area contributed by atoms with Crippen molar-refractivity contribution in [3.05, 3.63) is 98.2 Å². The van der Waals surface area contributed by atoms with E-state index in [0.29, 0.717) is 22.6 Å². The van der Waals surface area contributed by atoms with Gasteiger partial charge in [-0.05, 0) is 66.2 Å². The molecule has 0 saturated carbocycles. The molecule has 0 saturated heterocycles. The van der Waals surface area contributed by atoms with Gasteiger partial charge in [-0.25, -0.2) is 4.39 Å². The van der Waals surface area contributed by atoms with Crippen molar-refractivity contribution in [1.29, 1.82) is 5.26 Å². The molecule has 0 aliphatic rings. The Balaban J connectivity index is 1.82. The van der Waals surface area contributed by atoms with E-state index >= 15 is 0 Å². The third-order valence-corrected chi connectivity index (χ3v) is 5.04. The van der Waals surface area contributed by atoms with Crippen LogP contribution in [0.15, 0.2) is 81.2 Å². The summed E-state index contributed by atoms with van der Waals surface area (Å²) in [5, 5.41) is 12.2. The molecule has 7 heteroatoms. The minimum atomic E-state index is -0.532. The third kappa shape index (κ3) is 6.02. The predicted molar refractivity (Wildman–Crippen MR) is 121 cm³/mol. The number of nitrogens with one attached hydrogen (secondary N) is 1. The number of hydrogen-bond donors (Lipinski definition) is 1. The van der Waals surface area contributed by atoms with Crippen molar-refractivity contribution in [3.8, 4) is 11.8 Å². The summed E-state index contributed by atoms with van der Waals surface area (Å²) < 4.78 is 20.8. The Morgan fingerprint density at radius 3 is 2.50 bits per heavy atom. The number of ether oxygens (including phenoxy) is 1. The van der Waals surface area contributed by atoms with Crippen LogP contribution in [0.1, 0.15) is 11.1 Å². The summed E-state index contributed by atoms with van der Waals surface area (Å²) in [6.45, 7) is 0.146. The summed E-state index contributed by atoms with van der Waals surface area (Å²) in [5.41, 5.74) is 1.71. The average Bonchev–Trinajstić information content (AvgIpc) is 2.73. The molecule has 0 unspecified atom stereocenters. The number of nitrogens with zero attached hydrogens (tertiary/aromatic N) is 1. The second-order valence-corrected chi connectivity index (χ2v) is 8.06. The molecule has 0 aliphatic heterocycles. The molecule has 1 N–H and O–H groups in total. The standard InChI is InChI=1S/C23H15Br2FN2O2/c24-18-4-7-21(8-5-18)28-23(29)17(13-27)11-16-12-19(25)6-9-22(16)30-14-15-2-1-3-20(26)10-15/h1-12H,14H2,(H,28,29)/b17-11+. The number of anilines is 1. The van der Waals surface area contributed by atoms with Gasteiger partial charge in [0.05, 0.1) is 0 Å². The summed E-state index contributed by atoms with van der Waals surface area (Å²) in [5.74, 6) is -0.411. The number of halogens is 3. The lowest BCUT2D eigenvalue weighted by atomic mass is 10.1. The number of nitriles is 1. The van der Waals surface area contributed by atoms with E-state index in [2.05, 4.69) is 37.2 Å². The monoisotopic (exact) mass is 528 g/mol. The smallest absolute Gasteiger partial charge is 0.266 e. The van der Waals surface area contributed by atoms with Crippen molar-refractivity contribution in [1.82, 2.24) is 0 Å². The van der Waals surface area contributed by atoms with Crippen LogP contribution in [-0.2, 0) is 11.4 Å². The van der Waals surface area contributed by atoms with E-state index in [0.717, 1.165) is 8.95 Å². The largest absolute Gasteiger partial charge is 0.488 e. The topological polar surface area (TPSA) is 62.1 Å². The highest BCUT2D eigenvalue weighted by Crippen LogP contribution is 2.27. The molecule has 0 aromatic heterocycles. The third-order valence-electron chi connectivity index (χ3n) is 4.02. The number of carbonyl (C=O) groups excluding carboxylic acids is 1. The van der Waals surface area contributed by atoms with Gasteiger partial charge in [0.1, 0.15) is 29.8 Å². The zero-order chi connectivity index (χ0) is 21.5. The van der Waals surface area contributed by atoms with Gasteiger partial charge in [0.25, 0.3) is 5.91 Å². The Morgan fingerprint density at radius 1 is 1.07 bits per heavy atom. The number of amides is 1.